The molecular formula is C22H20N2O4. The summed E-state index contributed by atoms with van der Waals surface area (Å²) in [6, 6.07) is 15.3. The molecule has 3 rings (SSSR count). The monoisotopic (exact) mass is 376 g/mol. The largest absolute Gasteiger partial charge is 0.507 e. The third-order valence-electron chi connectivity index (χ3n) is 4.07. The SMILES string of the molecule is CCOC(=O)c1cc(C(=O)c2ccccc2O)cnc1Nc1cccc(C)c1. The lowest BCUT2D eigenvalue weighted by molar-refractivity contribution is 0.0527. The number of carbonyl (C=O) groups is 2. The van der Waals surface area contributed by atoms with Crippen LogP contribution in [0.3, 0.4) is 0 Å². The Morgan fingerprint density at radius 1 is 1.07 bits per heavy atom. The second kappa shape index (κ2) is 8.35. The Morgan fingerprint density at radius 2 is 1.86 bits per heavy atom. The highest BCUT2D eigenvalue weighted by molar-refractivity contribution is 6.11. The standard InChI is InChI=1S/C22H20N2O4/c1-3-28-22(27)18-12-15(20(26)17-9-4-5-10-19(17)25)13-23-21(18)24-16-8-6-7-14(2)11-16/h4-13,25H,3H2,1-2H3,(H,23,24). The minimum atomic E-state index is -0.586. The molecule has 6 nitrogen and oxygen atoms in total. The summed E-state index contributed by atoms with van der Waals surface area (Å²) >= 11 is 0. The first-order chi connectivity index (χ1) is 13.5. The van der Waals surface area contributed by atoms with Gasteiger partial charge in [0, 0.05) is 17.4 Å². The number of nitrogens with one attached hydrogen (secondary N) is 1. The molecule has 0 unspecified atom stereocenters. The fourth-order valence-corrected chi connectivity index (χ4v) is 2.73. The van der Waals surface area contributed by atoms with Crippen LogP contribution in [-0.2, 0) is 4.74 Å². The number of esters is 1. The highest BCUT2D eigenvalue weighted by Gasteiger charge is 2.20. The number of benzene rings is 2. The molecule has 0 aliphatic rings. The van der Waals surface area contributed by atoms with Crippen LogP contribution in [0.5, 0.6) is 5.75 Å². The third-order valence-corrected chi connectivity index (χ3v) is 4.07. The second-order valence-corrected chi connectivity index (χ2v) is 6.18. The summed E-state index contributed by atoms with van der Waals surface area (Å²) in [6.45, 7) is 3.86. The van der Waals surface area contributed by atoms with Gasteiger partial charge in [0.2, 0.25) is 0 Å². The first-order valence-electron chi connectivity index (χ1n) is 8.83. The van der Waals surface area contributed by atoms with Crippen molar-refractivity contribution < 1.29 is 19.4 Å². The summed E-state index contributed by atoms with van der Waals surface area (Å²) in [5.41, 5.74) is 2.27. The Kier molecular flexibility index (Phi) is 5.69. The van der Waals surface area contributed by atoms with Crippen molar-refractivity contribution in [1.29, 1.82) is 0 Å². The van der Waals surface area contributed by atoms with E-state index in [-0.39, 0.29) is 34.9 Å². The van der Waals surface area contributed by atoms with Gasteiger partial charge in [0.15, 0.2) is 5.78 Å². The molecule has 6 heteroatoms. The molecule has 0 saturated carbocycles. The highest BCUT2D eigenvalue weighted by Crippen LogP contribution is 2.24. The van der Waals surface area contributed by atoms with Crippen molar-refractivity contribution in [2.24, 2.45) is 0 Å². The quantitative estimate of drug-likeness (QED) is 0.494. The summed E-state index contributed by atoms with van der Waals surface area (Å²) in [4.78, 5) is 29.4. The lowest BCUT2D eigenvalue weighted by Gasteiger charge is -2.12. The first-order valence-corrected chi connectivity index (χ1v) is 8.83. The maximum atomic E-state index is 12.7. The van der Waals surface area contributed by atoms with Gasteiger partial charge in [0.1, 0.15) is 17.1 Å². The molecule has 0 amide bonds. The van der Waals surface area contributed by atoms with Crippen LogP contribution < -0.4 is 5.32 Å². The normalized spacial score (nSPS) is 10.4. The van der Waals surface area contributed by atoms with Crippen molar-refractivity contribution in [3.8, 4) is 5.75 Å². The fourth-order valence-electron chi connectivity index (χ4n) is 2.73. The molecular weight excluding hydrogens is 356 g/mol. The van der Waals surface area contributed by atoms with Crippen LogP contribution in [-0.4, -0.2) is 28.4 Å². The van der Waals surface area contributed by atoms with Crippen molar-refractivity contribution in [2.75, 3.05) is 11.9 Å². The number of hydrogen-bond donors (Lipinski definition) is 2. The molecule has 0 aliphatic heterocycles. The molecule has 0 bridgehead atoms. The fraction of sp³-hybridized carbons (Fsp3) is 0.136. The van der Waals surface area contributed by atoms with Gasteiger partial charge in [-0.25, -0.2) is 9.78 Å². The van der Waals surface area contributed by atoms with E-state index >= 15 is 0 Å². The molecule has 0 atom stereocenters. The zero-order chi connectivity index (χ0) is 20.1. The minimum Gasteiger partial charge on any atom is -0.507 e. The first kappa shape index (κ1) is 19.1. The molecule has 0 radical (unpaired) electrons. The van der Waals surface area contributed by atoms with Crippen LogP contribution in [0.15, 0.2) is 60.8 Å². The smallest absolute Gasteiger partial charge is 0.341 e. The van der Waals surface area contributed by atoms with Crippen LogP contribution in [0.25, 0.3) is 0 Å². The average Bonchev–Trinajstić information content (AvgIpc) is 2.68. The summed E-state index contributed by atoms with van der Waals surface area (Å²) in [6.07, 6.45) is 1.37. The number of nitrogens with zero attached hydrogens (tertiary/aromatic N) is 1. The Bertz CT molecular complexity index is 1030. The summed E-state index contributed by atoms with van der Waals surface area (Å²) in [7, 11) is 0. The number of rotatable bonds is 6. The van der Waals surface area contributed by atoms with Crippen molar-refractivity contribution in [1.82, 2.24) is 4.98 Å². The molecule has 0 saturated heterocycles. The number of aromatic nitrogens is 1. The molecule has 1 heterocycles. The van der Waals surface area contributed by atoms with Gasteiger partial charge >= 0.3 is 5.97 Å². The lowest BCUT2D eigenvalue weighted by atomic mass is 10.0. The zero-order valence-electron chi connectivity index (χ0n) is 15.6. The lowest BCUT2D eigenvalue weighted by Crippen LogP contribution is -2.12. The Labute approximate surface area is 162 Å². The predicted molar refractivity (Wildman–Crippen MR) is 106 cm³/mol. The minimum absolute atomic E-state index is 0.132. The van der Waals surface area contributed by atoms with Gasteiger partial charge in [-0.15, -0.1) is 0 Å². The van der Waals surface area contributed by atoms with Gasteiger partial charge in [0.05, 0.1) is 12.2 Å². The van der Waals surface area contributed by atoms with Gasteiger partial charge in [0.25, 0.3) is 0 Å². The summed E-state index contributed by atoms with van der Waals surface area (Å²) in [5.74, 6) is -0.861. The summed E-state index contributed by atoms with van der Waals surface area (Å²) in [5, 5.41) is 13.0. The van der Waals surface area contributed by atoms with Crippen molar-refractivity contribution in [2.45, 2.75) is 13.8 Å². The third kappa shape index (κ3) is 4.17. The molecule has 0 fully saturated rings. The molecule has 2 N–H and O–H groups in total. The van der Waals surface area contributed by atoms with Gasteiger partial charge in [-0.05, 0) is 49.7 Å². The average molecular weight is 376 g/mol. The number of aromatic hydroxyl groups is 1. The maximum absolute atomic E-state index is 12.7. The van der Waals surface area contributed by atoms with E-state index in [4.69, 9.17) is 4.74 Å². The second-order valence-electron chi connectivity index (χ2n) is 6.18. The van der Waals surface area contributed by atoms with E-state index in [1.54, 1.807) is 19.1 Å². The van der Waals surface area contributed by atoms with Crippen molar-refractivity contribution in [3.05, 3.63) is 83.0 Å². The van der Waals surface area contributed by atoms with E-state index < -0.39 is 11.8 Å². The molecule has 0 spiro atoms. The molecule has 3 aromatic rings. The Morgan fingerprint density at radius 3 is 2.57 bits per heavy atom. The molecule has 28 heavy (non-hydrogen) atoms. The highest BCUT2D eigenvalue weighted by atomic mass is 16.5. The van der Waals surface area contributed by atoms with Crippen molar-refractivity contribution in [3.63, 3.8) is 0 Å². The number of phenolic OH excluding ortho intramolecular Hbond substituents is 1. The number of carbonyl (C=O) groups excluding carboxylic acids is 2. The number of hydrogen-bond acceptors (Lipinski definition) is 6. The number of phenols is 1. The van der Waals surface area contributed by atoms with Gasteiger partial charge < -0.3 is 15.2 Å². The number of ketones is 1. The number of anilines is 2. The van der Waals surface area contributed by atoms with Crippen LogP contribution in [0, 0.1) is 6.92 Å². The Balaban J connectivity index is 2.01. The van der Waals surface area contributed by atoms with E-state index in [1.165, 1.54) is 24.4 Å². The van der Waals surface area contributed by atoms with Gasteiger partial charge in [-0.2, -0.15) is 0 Å². The number of ether oxygens (including phenoxy) is 1. The number of pyridine rings is 1. The van der Waals surface area contributed by atoms with E-state index in [2.05, 4.69) is 10.3 Å². The van der Waals surface area contributed by atoms with Gasteiger partial charge in [-0.1, -0.05) is 24.3 Å². The number of para-hydroxylation sites is 1. The van der Waals surface area contributed by atoms with E-state index in [0.717, 1.165) is 11.3 Å². The van der Waals surface area contributed by atoms with Crippen LogP contribution in [0.2, 0.25) is 0 Å². The zero-order valence-corrected chi connectivity index (χ0v) is 15.6. The van der Waals surface area contributed by atoms with Crippen LogP contribution in [0.1, 0.15) is 38.8 Å². The molecule has 0 aliphatic carbocycles. The predicted octanol–water partition coefficient (Wildman–Crippen LogP) is 4.25. The van der Waals surface area contributed by atoms with E-state index in [9.17, 15) is 14.7 Å². The molecule has 142 valence electrons. The molecule has 1 aromatic heterocycles. The Hall–Kier alpha value is -3.67. The maximum Gasteiger partial charge on any atom is 0.341 e. The van der Waals surface area contributed by atoms with Gasteiger partial charge in [-0.3, -0.25) is 4.79 Å². The number of aryl methyl sites for hydroxylation is 1. The van der Waals surface area contributed by atoms with E-state index in [0.29, 0.717) is 0 Å². The van der Waals surface area contributed by atoms with E-state index in [1.807, 2.05) is 31.2 Å². The van der Waals surface area contributed by atoms with Crippen LogP contribution >= 0.6 is 0 Å². The van der Waals surface area contributed by atoms with Crippen LogP contribution in [0.4, 0.5) is 11.5 Å². The van der Waals surface area contributed by atoms with Crippen molar-refractivity contribution >= 4 is 23.3 Å². The summed E-state index contributed by atoms with van der Waals surface area (Å²) < 4.78 is 5.11. The molecule has 2 aromatic carbocycles. The topological polar surface area (TPSA) is 88.5 Å².